The number of nitrogens with one attached hydrogen (secondary N) is 1. The number of hydrogen-bond acceptors (Lipinski definition) is 8. The van der Waals surface area contributed by atoms with Crippen LogP contribution in [0.5, 0.6) is 5.75 Å². The van der Waals surface area contributed by atoms with Gasteiger partial charge in [-0.15, -0.1) is 12.4 Å². The van der Waals surface area contributed by atoms with Gasteiger partial charge in [-0.2, -0.15) is 0 Å². The predicted octanol–water partition coefficient (Wildman–Crippen LogP) is 5.66. The second-order valence-corrected chi connectivity index (χ2v) is 12.7. The molecular weight excluding hydrogens is 514 g/mol. The van der Waals surface area contributed by atoms with Crippen molar-refractivity contribution in [1.29, 1.82) is 0 Å². The number of nitrogens with zero attached hydrogens (tertiary/aromatic N) is 4. The second-order valence-electron chi connectivity index (χ2n) is 10.8. The van der Waals surface area contributed by atoms with Crippen molar-refractivity contribution in [2.24, 2.45) is 7.05 Å². The minimum Gasteiger partial charge on any atom is -0.507 e. The van der Waals surface area contributed by atoms with E-state index in [1.165, 1.54) is 15.9 Å². The van der Waals surface area contributed by atoms with E-state index in [1.807, 2.05) is 18.2 Å². The van der Waals surface area contributed by atoms with Crippen molar-refractivity contribution < 1.29 is 5.11 Å². The number of aromatic hydroxyl groups is 1. The summed E-state index contributed by atoms with van der Waals surface area (Å²) in [5.41, 5.74) is 2.28. The molecule has 7 nitrogen and oxygen atoms in total. The fourth-order valence-electron chi connectivity index (χ4n) is 5.22. The number of piperidine rings is 1. The number of fused-ring (bicyclic) bond motifs is 1. The number of benzene rings is 1. The molecular formula is C26H32ClN5O2S2. The lowest BCUT2D eigenvalue weighted by Crippen LogP contribution is -2.61. The molecule has 36 heavy (non-hydrogen) atoms. The van der Waals surface area contributed by atoms with Crippen LogP contribution in [0.15, 0.2) is 41.3 Å². The van der Waals surface area contributed by atoms with Crippen LogP contribution in [0.1, 0.15) is 40.5 Å². The first-order valence-electron chi connectivity index (χ1n) is 11.7. The van der Waals surface area contributed by atoms with Crippen LogP contribution in [0.4, 0.5) is 5.13 Å². The summed E-state index contributed by atoms with van der Waals surface area (Å²) in [6.45, 7) is 9.05. The first-order chi connectivity index (χ1) is 16.4. The first-order valence-corrected chi connectivity index (χ1v) is 13.3. The number of phenolic OH excluding ortho intramolecular Hbond substituents is 1. The molecule has 4 heterocycles. The van der Waals surface area contributed by atoms with Crippen molar-refractivity contribution in [2.75, 3.05) is 11.9 Å². The Morgan fingerprint density at radius 3 is 2.28 bits per heavy atom. The highest BCUT2D eigenvalue weighted by atomic mass is 35.5. The van der Waals surface area contributed by atoms with Gasteiger partial charge in [0.25, 0.3) is 5.56 Å². The summed E-state index contributed by atoms with van der Waals surface area (Å²) in [6, 6.07) is 9.28. The van der Waals surface area contributed by atoms with Crippen LogP contribution in [0, 0.1) is 0 Å². The van der Waals surface area contributed by atoms with E-state index in [4.69, 9.17) is 9.97 Å². The molecule has 4 aromatic rings. The van der Waals surface area contributed by atoms with Gasteiger partial charge in [-0.25, -0.2) is 9.97 Å². The Kier molecular flexibility index (Phi) is 6.98. The number of aryl methyl sites for hydroxylation is 1. The molecule has 0 unspecified atom stereocenters. The standard InChI is InChI=1S/C26H31N5O2S2.ClH/c1-25(2)13-17(14-26(3,4)29-25)31(6)24-28-23-22(35-24)27-21(34-23)18-8-7-15(11-19(18)32)16-9-10-30(5)20(33)12-16;/h7-12,17,29,32H,13-14H2,1-6H3;1H. The average Bonchev–Trinajstić information content (AvgIpc) is 3.32. The minimum absolute atomic E-state index is 0. The van der Waals surface area contributed by atoms with E-state index < -0.39 is 0 Å². The van der Waals surface area contributed by atoms with Crippen molar-refractivity contribution in [3.63, 3.8) is 0 Å². The van der Waals surface area contributed by atoms with Crippen molar-refractivity contribution in [1.82, 2.24) is 19.9 Å². The van der Waals surface area contributed by atoms with Crippen molar-refractivity contribution in [2.45, 2.75) is 57.7 Å². The number of phenols is 1. The highest BCUT2D eigenvalue weighted by Gasteiger charge is 2.39. The Morgan fingerprint density at radius 2 is 1.67 bits per heavy atom. The normalized spacial score (nSPS) is 17.2. The Hall–Kier alpha value is -2.46. The molecule has 1 aliphatic rings. The van der Waals surface area contributed by atoms with Crippen molar-refractivity contribution in [3.05, 3.63) is 46.9 Å². The lowest BCUT2D eigenvalue weighted by atomic mass is 9.79. The number of thiazole rings is 2. The molecule has 1 saturated heterocycles. The quantitative estimate of drug-likeness (QED) is 0.344. The maximum Gasteiger partial charge on any atom is 0.250 e. The van der Waals surface area contributed by atoms with E-state index in [9.17, 15) is 9.90 Å². The summed E-state index contributed by atoms with van der Waals surface area (Å²) in [5, 5.41) is 16.2. The van der Waals surface area contributed by atoms with Gasteiger partial charge in [0.1, 0.15) is 10.8 Å². The zero-order valence-electron chi connectivity index (χ0n) is 21.3. The molecule has 2 N–H and O–H groups in total. The fraction of sp³-hybridized carbons (Fsp3) is 0.423. The molecule has 1 aliphatic heterocycles. The summed E-state index contributed by atoms with van der Waals surface area (Å²) < 4.78 is 1.52. The zero-order chi connectivity index (χ0) is 25.1. The van der Waals surface area contributed by atoms with Gasteiger partial charge in [0.2, 0.25) is 0 Å². The average molecular weight is 546 g/mol. The molecule has 0 radical (unpaired) electrons. The molecule has 0 bridgehead atoms. The Balaban J connectivity index is 0.00000304. The van der Waals surface area contributed by atoms with Gasteiger partial charge in [0, 0.05) is 43.5 Å². The molecule has 10 heteroatoms. The Labute approximate surface area is 225 Å². The summed E-state index contributed by atoms with van der Waals surface area (Å²) in [5.74, 6) is 0.140. The first kappa shape index (κ1) is 26.6. The van der Waals surface area contributed by atoms with Crippen LogP contribution >= 0.6 is 35.1 Å². The van der Waals surface area contributed by atoms with Crippen LogP contribution in [-0.2, 0) is 7.05 Å². The summed E-state index contributed by atoms with van der Waals surface area (Å²) in [4.78, 5) is 25.8. The van der Waals surface area contributed by atoms with Crippen molar-refractivity contribution in [3.8, 4) is 27.4 Å². The van der Waals surface area contributed by atoms with E-state index in [-0.39, 0.29) is 34.8 Å². The third-order valence-corrected chi connectivity index (χ3v) is 8.80. The lowest BCUT2D eigenvalue weighted by Gasteiger charge is -2.48. The topological polar surface area (TPSA) is 83.3 Å². The number of anilines is 1. The van der Waals surface area contributed by atoms with Crippen LogP contribution in [0.2, 0.25) is 0 Å². The molecule has 0 atom stereocenters. The zero-order valence-corrected chi connectivity index (χ0v) is 23.8. The molecule has 5 rings (SSSR count). The summed E-state index contributed by atoms with van der Waals surface area (Å²) >= 11 is 3.09. The smallest absolute Gasteiger partial charge is 0.250 e. The third-order valence-electron chi connectivity index (χ3n) is 6.65. The van der Waals surface area contributed by atoms with E-state index in [1.54, 1.807) is 36.7 Å². The van der Waals surface area contributed by atoms with Crippen LogP contribution in [0.25, 0.3) is 31.4 Å². The largest absolute Gasteiger partial charge is 0.507 e. The maximum absolute atomic E-state index is 12.0. The summed E-state index contributed by atoms with van der Waals surface area (Å²) in [6.07, 6.45) is 3.82. The molecule has 0 saturated carbocycles. The van der Waals surface area contributed by atoms with Gasteiger partial charge in [0.15, 0.2) is 14.8 Å². The van der Waals surface area contributed by atoms with Gasteiger partial charge >= 0.3 is 0 Å². The van der Waals surface area contributed by atoms with E-state index >= 15 is 0 Å². The molecule has 0 aliphatic carbocycles. The highest BCUT2D eigenvalue weighted by Crippen LogP contribution is 2.41. The minimum atomic E-state index is -0.0883. The fourth-order valence-corrected chi connectivity index (χ4v) is 7.32. The van der Waals surface area contributed by atoms with Gasteiger partial charge in [-0.3, -0.25) is 4.79 Å². The van der Waals surface area contributed by atoms with Crippen molar-refractivity contribution >= 4 is 49.9 Å². The van der Waals surface area contributed by atoms with Gasteiger partial charge in [0.05, 0.1) is 5.56 Å². The number of halogens is 1. The van der Waals surface area contributed by atoms with E-state index in [0.717, 1.165) is 43.8 Å². The second kappa shape index (κ2) is 9.45. The number of pyridine rings is 1. The van der Waals surface area contributed by atoms with Crippen LogP contribution in [0.3, 0.4) is 0 Å². The number of hydrogen-bond donors (Lipinski definition) is 2. The Morgan fingerprint density at radius 1 is 1.03 bits per heavy atom. The number of aromatic nitrogens is 3. The third kappa shape index (κ3) is 5.16. The van der Waals surface area contributed by atoms with E-state index in [0.29, 0.717) is 11.6 Å². The Bertz CT molecular complexity index is 1430. The van der Waals surface area contributed by atoms with E-state index in [2.05, 4.69) is 45.0 Å². The SMILES string of the molecule is CN(c1nc2sc(-c3ccc(-c4ccn(C)c(=O)c4)cc3O)nc2s1)C1CC(C)(C)NC(C)(C)C1.Cl. The molecule has 1 fully saturated rings. The summed E-state index contributed by atoms with van der Waals surface area (Å²) in [7, 11) is 3.85. The maximum atomic E-state index is 12.0. The molecule has 3 aromatic heterocycles. The number of rotatable bonds is 4. The highest BCUT2D eigenvalue weighted by molar-refractivity contribution is 7.29. The molecule has 0 amide bonds. The van der Waals surface area contributed by atoms with Gasteiger partial charge in [-0.1, -0.05) is 28.7 Å². The van der Waals surface area contributed by atoms with Crippen LogP contribution in [-0.4, -0.2) is 43.8 Å². The van der Waals surface area contributed by atoms with Gasteiger partial charge < -0.3 is 19.9 Å². The van der Waals surface area contributed by atoms with Crippen LogP contribution < -0.4 is 15.8 Å². The lowest BCUT2D eigenvalue weighted by molar-refractivity contribution is 0.161. The predicted molar refractivity (Wildman–Crippen MR) is 153 cm³/mol. The molecule has 192 valence electrons. The monoisotopic (exact) mass is 545 g/mol. The van der Waals surface area contributed by atoms with Gasteiger partial charge in [-0.05, 0) is 69.9 Å². The molecule has 1 aromatic carbocycles. The molecule has 0 spiro atoms.